The Labute approximate surface area is 231 Å². The molecule has 1 aliphatic rings. The number of benzene rings is 3. The number of carbonyl (C=O) groups is 2. The summed E-state index contributed by atoms with van der Waals surface area (Å²) in [4.78, 5) is 39.8. The first-order valence-electron chi connectivity index (χ1n) is 12.6. The van der Waals surface area contributed by atoms with Gasteiger partial charge in [0.05, 0.1) is 10.5 Å². The summed E-state index contributed by atoms with van der Waals surface area (Å²) in [6, 6.07) is 18.2. The predicted octanol–water partition coefficient (Wildman–Crippen LogP) is 7.51. The van der Waals surface area contributed by atoms with Gasteiger partial charge in [0.25, 0.3) is 11.6 Å². The third-order valence-corrected chi connectivity index (χ3v) is 7.31. The van der Waals surface area contributed by atoms with Crippen LogP contribution in [0, 0.1) is 10.1 Å². The molecule has 1 amide bonds. The van der Waals surface area contributed by atoms with Crippen molar-refractivity contribution in [2.24, 2.45) is 0 Å². The number of halogens is 2. The smallest absolute Gasteiger partial charge is 0.339 e. The molecular weight excluding hydrogens is 527 g/mol. The van der Waals surface area contributed by atoms with Crippen LogP contribution < -0.4 is 0 Å². The van der Waals surface area contributed by atoms with Crippen molar-refractivity contribution < 1.29 is 19.2 Å². The molecule has 3 aromatic rings. The first kappa shape index (κ1) is 27.6. The summed E-state index contributed by atoms with van der Waals surface area (Å²) in [5.74, 6) is -1.07. The molecule has 1 fully saturated rings. The number of nitro groups is 1. The number of amides is 1. The number of nitro benzene ring substituents is 1. The highest BCUT2D eigenvalue weighted by Crippen LogP contribution is 2.53. The molecule has 1 saturated heterocycles. The third kappa shape index (κ3) is 5.54. The highest BCUT2D eigenvalue weighted by molar-refractivity contribution is 6.30. The number of β-lactam (4-membered cyclic amide) rings is 1. The Balaban J connectivity index is 1.77. The summed E-state index contributed by atoms with van der Waals surface area (Å²) in [6.07, 6.45) is 5.08. The molecule has 0 saturated carbocycles. The lowest BCUT2D eigenvalue weighted by molar-refractivity contribution is -0.384. The molecule has 3 aromatic carbocycles. The third-order valence-electron chi connectivity index (χ3n) is 6.80. The van der Waals surface area contributed by atoms with E-state index in [-0.39, 0.29) is 17.2 Å². The van der Waals surface area contributed by atoms with Gasteiger partial charge in [-0.25, -0.2) is 4.79 Å². The van der Waals surface area contributed by atoms with Crippen molar-refractivity contribution >= 4 is 40.8 Å². The highest BCUT2D eigenvalue weighted by Gasteiger charge is 2.65. The minimum atomic E-state index is -1.71. The van der Waals surface area contributed by atoms with E-state index < -0.39 is 22.5 Å². The van der Waals surface area contributed by atoms with E-state index in [9.17, 15) is 19.7 Å². The Morgan fingerprint density at radius 1 is 0.921 bits per heavy atom. The van der Waals surface area contributed by atoms with E-state index in [0.717, 1.165) is 37.7 Å². The number of rotatable bonds is 11. The molecule has 9 heteroatoms. The quantitative estimate of drug-likeness (QED) is 0.0803. The molecule has 1 aliphatic heterocycles. The van der Waals surface area contributed by atoms with E-state index in [2.05, 4.69) is 6.92 Å². The van der Waals surface area contributed by atoms with Gasteiger partial charge in [0.15, 0.2) is 0 Å². The Morgan fingerprint density at radius 3 is 2.08 bits per heavy atom. The summed E-state index contributed by atoms with van der Waals surface area (Å²) in [5.41, 5.74) is -0.502. The van der Waals surface area contributed by atoms with Crippen LogP contribution in [-0.4, -0.2) is 28.2 Å². The van der Waals surface area contributed by atoms with E-state index in [4.69, 9.17) is 27.9 Å². The molecule has 0 unspecified atom stereocenters. The average Bonchev–Trinajstić information content (AvgIpc) is 2.92. The first-order valence-corrected chi connectivity index (χ1v) is 13.3. The Morgan fingerprint density at radius 2 is 1.50 bits per heavy atom. The van der Waals surface area contributed by atoms with Gasteiger partial charge in [-0.3, -0.25) is 14.9 Å². The molecule has 4 rings (SSSR count). The standard InChI is InChI=1S/C29H28Cl2N2O5/c1-2-3-4-5-6-19-32-26(20-7-13-23(30)14-8-20)29(28(32)35,22-11-17-25(18-12-22)33(36)37)38-27(34)21-9-15-24(31)16-10-21/h7-18,26H,2-6,19H2,1H3/t26-,29-/m0/s1. The maximum Gasteiger partial charge on any atom is 0.339 e. The van der Waals surface area contributed by atoms with Crippen molar-refractivity contribution in [3.63, 3.8) is 0 Å². The van der Waals surface area contributed by atoms with Crippen LogP contribution in [0.3, 0.4) is 0 Å². The van der Waals surface area contributed by atoms with E-state index in [1.165, 1.54) is 36.4 Å². The topological polar surface area (TPSA) is 89.8 Å². The Hall–Kier alpha value is -3.42. The van der Waals surface area contributed by atoms with Gasteiger partial charge in [-0.05, 0) is 60.5 Å². The van der Waals surface area contributed by atoms with Gasteiger partial charge in [-0.2, -0.15) is 0 Å². The highest BCUT2D eigenvalue weighted by atomic mass is 35.5. The van der Waals surface area contributed by atoms with Crippen molar-refractivity contribution in [2.75, 3.05) is 6.54 Å². The summed E-state index contributed by atoms with van der Waals surface area (Å²) < 4.78 is 6.09. The fourth-order valence-corrected chi connectivity index (χ4v) is 5.09. The summed E-state index contributed by atoms with van der Waals surface area (Å²) in [7, 11) is 0. The normalized spacial score (nSPS) is 18.7. The lowest BCUT2D eigenvalue weighted by Crippen LogP contribution is -2.68. The number of esters is 1. The van der Waals surface area contributed by atoms with Crippen LogP contribution >= 0.6 is 23.2 Å². The largest absolute Gasteiger partial charge is 0.438 e. The van der Waals surface area contributed by atoms with Gasteiger partial charge in [0, 0.05) is 34.3 Å². The molecule has 0 aliphatic carbocycles. The first-order chi connectivity index (χ1) is 18.3. The van der Waals surface area contributed by atoms with Gasteiger partial charge in [-0.1, -0.05) is 67.9 Å². The summed E-state index contributed by atoms with van der Waals surface area (Å²) in [6.45, 7) is 2.63. The van der Waals surface area contributed by atoms with Crippen LogP contribution in [0.5, 0.6) is 0 Å². The van der Waals surface area contributed by atoms with Crippen LogP contribution in [0.2, 0.25) is 10.0 Å². The average molecular weight is 555 g/mol. The molecule has 0 N–H and O–H groups in total. The van der Waals surface area contributed by atoms with Gasteiger partial charge < -0.3 is 9.64 Å². The van der Waals surface area contributed by atoms with Crippen LogP contribution in [-0.2, 0) is 15.1 Å². The molecule has 198 valence electrons. The van der Waals surface area contributed by atoms with Crippen molar-refractivity contribution in [2.45, 2.75) is 50.7 Å². The minimum Gasteiger partial charge on any atom is -0.438 e. The SMILES string of the molecule is CCCCCCCN1C(=O)[C@](OC(=O)c2ccc(Cl)cc2)(c2ccc([N+](=O)[O-])cc2)[C@@H]1c1ccc(Cl)cc1. The maximum absolute atomic E-state index is 14.0. The van der Waals surface area contributed by atoms with E-state index >= 15 is 0 Å². The van der Waals surface area contributed by atoms with Crippen molar-refractivity contribution in [3.8, 4) is 0 Å². The van der Waals surface area contributed by atoms with Crippen LogP contribution in [0.4, 0.5) is 5.69 Å². The van der Waals surface area contributed by atoms with E-state index in [1.807, 2.05) is 0 Å². The number of hydrogen-bond acceptors (Lipinski definition) is 5. The molecule has 38 heavy (non-hydrogen) atoms. The molecule has 1 heterocycles. The van der Waals surface area contributed by atoms with Crippen molar-refractivity contribution in [1.82, 2.24) is 4.90 Å². The van der Waals surface area contributed by atoms with Crippen molar-refractivity contribution in [1.29, 1.82) is 0 Å². The summed E-state index contributed by atoms with van der Waals surface area (Å²) >= 11 is 12.1. The van der Waals surface area contributed by atoms with E-state index in [0.29, 0.717) is 22.2 Å². The second-order valence-electron chi connectivity index (χ2n) is 9.30. The minimum absolute atomic E-state index is 0.129. The zero-order valence-electron chi connectivity index (χ0n) is 20.9. The number of likely N-dealkylation sites (tertiary alicyclic amines) is 1. The second kappa shape index (κ2) is 12.0. The molecule has 0 spiro atoms. The molecule has 0 radical (unpaired) electrons. The fourth-order valence-electron chi connectivity index (χ4n) is 4.84. The van der Waals surface area contributed by atoms with Gasteiger partial charge >= 0.3 is 5.97 Å². The second-order valence-corrected chi connectivity index (χ2v) is 10.2. The zero-order chi connectivity index (χ0) is 27.3. The Kier molecular flexibility index (Phi) is 8.69. The van der Waals surface area contributed by atoms with E-state index in [1.54, 1.807) is 41.3 Å². The number of nitrogens with zero attached hydrogens (tertiary/aromatic N) is 2. The van der Waals surface area contributed by atoms with Gasteiger partial charge in [-0.15, -0.1) is 0 Å². The molecule has 0 aromatic heterocycles. The van der Waals surface area contributed by atoms with Crippen LogP contribution in [0.1, 0.15) is 66.6 Å². The lowest BCUT2D eigenvalue weighted by atomic mass is 9.72. The number of carbonyl (C=O) groups excluding carboxylic acids is 2. The fraction of sp³-hybridized carbons (Fsp3) is 0.310. The number of non-ortho nitro benzene ring substituents is 1. The van der Waals surface area contributed by atoms with Gasteiger partial charge in [0.2, 0.25) is 5.60 Å². The van der Waals surface area contributed by atoms with Gasteiger partial charge in [0.1, 0.15) is 6.04 Å². The maximum atomic E-state index is 14.0. The molecule has 7 nitrogen and oxygen atoms in total. The van der Waals surface area contributed by atoms with Crippen LogP contribution in [0.15, 0.2) is 72.8 Å². The number of ether oxygens (including phenoxy) is 1. The molecule has 2 atom stereocenters. The lowest BCUT2D eigenvalue weighted by Gasteiger charge is -2.55. The van der Waals surface area contributed by atoms with Crippen LogP contribution in [0.25, 0.3) is 0 Å². The Bertz CT molecular complexity index is 1300. The monoisotopic (exact) mass is 554 g/mol. The molecule has 0 bridgehead atoms. The molecular formula is C29H28Cl2N2O5. The number of unbranched alkanes of at least 4 members (excludes halogenated alkanes) is 4. The predicted molar refractivity (Wildman–Crippen MR) is 146 cm³/mol. The number of hydrogen-bond donors (Lipinski definition) is 0. The summed E-state index contributed by atoms with van der Waals surface area (Å²) in [5, 5.41) is 12.3. The zero-order valence-corrected chi connectivity index (χ0v) is 22.5. The van der Waals surface area contributed by atoms with Crippen molar-refractivity contribution in [3.05, 3.63) is 110 Å².